The SMILES string of the molecule is Cn1c(=O)c(C(N)=O)cn(Cc2nnn(C[C@H](O)c3cc(Cl)c(Cl)s3)n2)c1=O. The molecule has 0 aliphatic carbocycles. The highest BCUT2D eigenvalue weighted by Gasteiger charge is 2.17. The second kappa shape index (κ2) is 7.83. The molecule has 28 heavy (non-hydrogen) atoms. The van der Waals surface area contributed by atoms with E-state index in [1.807, 2.05) is 0 Å². The van der Waals surface area contributed by atoms with Gasteiger partial charge in [-0.2, -0.15) is 4.80 Å². The number of hydrogen-bond donors (Lipinski definition) is 2. The predicted octanol–water partition coefficient (Wildman–Crippen LogP) is -0.217. The molecule has 14 heteroatoms. The van der Waals surface area contributed by atoms with Gasteiger partial charge in [-0.3, -0.25) is 18.7 Å². The van der Waals surface area contributed by atoms with Crippen LogP contribution in [-0.2, 0) is 20.1 Å². The van der Waals surface area contributed by atoms with E-state index in [9.17, 15) is 19.5 Å². The molecular formula is C14H13Cl2N7O4S. The molecule has 0 radical (unpaired) electrons. The highest BCUT2D eigenvalue weighted by Crippen LogP contribution is 2.35. The van der Waals surface area contributed by atoms with Crippen LogP contribution in [0.4, 0.5) is 0 Å². The van der Waals surface area contributed by atoms with Crippen LogP contribution in [0, 0.1) is 0 Å². The molecule has 1 amide bonds. The number of carbonyl (C=O) groups is 1. The molecule has 0 aliphatic heterocycles. The van der Waals surface area contributed by atoms with Crippen molar-refractivity contribution < 1.29 is 9.90 Å². The molecule has 3 heterocycles. The van der Waals surface area contributed by atoms with Crippen LogP contribution in [0.15, 0.2) is 21.9 Å². The van der Waals surface area contributed by atoms with Crippen LogP contribution in [0.3, 0.4) is 0 Å². The summed E-state index contributed by atoms with van der Waals surface area (Å²) in [5, 5.41) is 22.3. The van der Waals surface area contributed by atoms with Crippen molar-refractivity contribution >= 4 is 40.4 Å². The molecule has 0 spiro atoms. The molecule has 0 saturated carbocycles. The Morgan fingerprint density at radius 1 is 1.39 bits per heavy atom. The molecule has 3 aromatic rings. The summed E-state index contributed by atoms with van der Waals surface area (Å²) < 4.78 is 2.19. The zero-order valence-corrected chi connectivity index (χ0v) is 16.6. The van der Waals surface area contributed by atoms with Crippen LogP contribution < -0.4 is 17.0 Å². The quantitative estimate of drug-likeness (QED) is 0.531. The van der Waals surface area contributed by atoms with Crippen molar-refractivity contribution in [3.05, 3.63) is 58.7 Å². The van der Waals surface area contributed by atoms with Crippen LogP contribution in [0.2, 0.25) is 9.36 Å². The number of aliphatic hydroxyl groups is 1. The summed E-state index contributed by atoms with van der Waals surface area (Å²) in [6, 6.07) is 1.55. The summed E-state index contributed by atoms with van der Waals surface area (Å²) in [4.78, 5) is 37.1. The van der Waals surface area contributed by atoms with E-state index in [1.165, 1.54) is 7.05 Å². The van der Waals surface area contributed by atoms with E-state index in [2.05, 4.69) is 15.4 Å². The number of hydrogen-bond acceptors (Lipinski definition) is 8. The molecule has 0 unspecified atom stereocenters. The van der Waals surface area contributed by atoms with Crippen molar-refractivity contribution in [2.75, 3.05) is 0 Å². The van der Waals surface area contributed by atoms with Crippen LogP contribution >= 0.6 is 34.5 Å². The molecule has 1 atom stereocenters. The number of carbonyl (C=O) groups excluding carboxylic acids is 1. The summed E-state index contributed by atoms with van der Waals surface area (Å²) in [6.07, 6.45) is 0.0943. The predicted molar refractivity (Wildman–Crippen MR) is 101 cm³/mol. The molecule has 0 fully saturated rings. The van der Waals surface area contributed by atoms with Gasteiger partial charge in [0.15, 0.2) is 5.82 Å². The molecule has 0 aliphatic rings. The molecule has 148 valence electrons. The van der Waals surface area contributed by atoms with E-state index in [-0.39, 0.29) is 24.5 Å². The standard InChI is InChI=1S/C14H13Cl2N7O4S/c1-21-13(26)6(12(17)25)3-22(14(21)27)5-10-18-20-23(19-10)4-8(24)9-2-7(15)11(16)28-9/h2-3,8,24H,4-5H2,1H3,(H2,17,25)/t8-/m0/s1. The second-order valence-corrected chi connectivity index (χ2v) is 7.82. The Hall–Kier alpha value is -2.54. The van der Waals surface area contributed by atoms with E-state index in [0.717, 1.165) is 31.5 Å². The van der Waals surface area contributed by atoms with Gasteiger partial charge in [0.05, 0.1) is 18.1 Å². The number of tetrazole rings is 1. The highest BCUT2D eigenvalue weighted by atomic mass is 35.5. The number of thiophene rings is 1. The zero-order chi connectivity index (χ0) is 20.6. The first-order chi connectivity index (χ1) is 13.2. The highest BCUT2D eigenvalue weighted by molar-refractivity contribution is 7.17. The topological polar surface area (TPSA) is 151 Å². The Balaban J connectivity index is 1.81. The van der Waals surface area contributed by atoms with Gasteiger partial charge in [-0.1, -0.05) is 23.2 Å². The minimum absolute atomic E-state index is 0.0190. The molecule has 3 rings (SSSR count). The van der Waals surface area contributed by atoms with Gasteiger partial charge in [0, 0.05) is 18.1 Å². The van der Waals surface area contributed by atoms with Crippen molar-refractivity contribution in [3.8, 4) is 0 Å². The smallest absolute Gasteiger partial charge is 0.331 e. The Morgan fingerprint density at radius 3 is 2.71 bits per heavy atom. The number of amides is 1. The first-order valence-corrected chi connectivity index (χ1v) is 9.24. The Labute approximate surface area is 170 Å². The van der Waals surface area contributed by atoms with Crippen molar-refractivity contribution in [3.63, 3.8) is 0 Å². The number of aliphatic hydroxyl groups excluding tert-OH is 1. The number of rotatable bonds is 6. The zero-order valence-electron chi connectivity index (χ0n) is 14.2. The maximum absolute atomic E-state index is 12.2. The lowest BCUT2D eigenvalue weighted by Crippen LogP contribution is -2.42. The molecule has 3 N–H and O–H groups in total. The average Bonchev–Trinajstić information content (AvgIpc) is 3.21. The van der Waals surface area contributed by atoms with Gasteiger partial charge in [0.25, 0.3) is 11.5 Å². The molecule has 0 saturated heterocycles. The number of primary amides is 1. The third-order valence-electron chi connectivity index (χ3n) is 3.75. The van der Waals surface area contributed by atoms with Crippen molar-refractivity contribution in [1.29, 1.82) is 0 Å². The summed E-state index contributed by atoms with van der Waals surface area (Å²) >= 11 is 12.9. The number of nitrogens with two attached hydrogens (primary N) is 1. The number of aromatic nitrogens is 6. The largest absolute Gasteiger partial charge is 0.386 e. The van der Waals surface area contributed by atoms with Crippen molar-refractivity contribution in [2.45, 2.75) is 19.2 Å². The Kier molecular flexibility index (Phi) is 5.65. The van der Waals surface area contributed by atoms with Crippen molar-refractivity contribution in [2.24, 2.45) is 12.8 Å². The van der Waals surface area contributed by atoms with E-state index >= 15 is 0 Å². The minimum atomic E-state index is -0.959. The normalized spacial score (nSPS) is 12.3. The van der Waals surface area contributed by atoms with Crippen molar-refractivity contribution in [1.82, 2.24) is 29.3 Å². The van der Waals surface area contributed by atoms with Gasteiger partial charge in [-0.15, -0.1) is 21.5 Å². The Morgan fingerprint density at radius 2 is 2.11 bits per heavy atom. The van der Waals surface area contributed by atoms with E-state index in [4.69, 9.17) is 28.9 Å². The molecule has 3 aromatic heterocycles. The lowest BCUT2D eigenvalue weighted by Gasteiger charge is -2.07. The fourth-order valence-corrected chi connectivity index (χ4v) is 3.72. The fourth-order valence-electron chi connectivity index (χ4n) is 2.35. The van der Waals surface area contributed by atoms with Gasteiger partial charge in [-0.05, 0) is 11.3 Å². The molecular weight excluding hydrogens is 433 g/mol. The number of nitrogens with zero attached hydrogens (tertiary/aromatic N) is 6. The lowest BCUT2D eigenvalue weighted by molar-refractivity contribution is 0.0997. The van der Waals surface area contributed by atoms with E-state index < -0.39 is 23.3 Å². The van der Waals surface area contributed by atoms with Crippen LogP contribution in [0.5, 0.6) is 0 Å². The first-order valence-electron chi connectivity index (χ1n) is 7.67. The number of halogens is 2. The lowest BCUT2D eigenvalue weighted by atomic mass is 10.3. The summed E-state index contributed by atoms with van der Waals surface area (Å²) in [7, 11) is 1.23. The maximum atomic E-state index is 12.2. The van der Waals surface area contributed by atoms with Gasteiger partial charge >= 0.3 is 5.69 Å². The monoisotopic (exact) mass is 445 g/mol. The second-order valence-electron chi connectivity index (χ2n) is 5.73. The third-order valence-corrected chi connectivity index (χ3v) is 5.72. The van der Waals surface area contributed by atoms with Gasteiger partial charge in [0.2, 0.25) is 0 Å². The van der Waals surface area contributed by atoms with Gasteiger partial charge in [0.1, 0.15) is 16.0 Å². The molecule has 11 nitrogen and oxygen atoms in total. The third kappa shape index (κ3) is 3.99. The Bertz CT molecular complexity index is 1150. The summed E-state index contributed by atoms with van der Waals surface area (Å²) in [6.45, 7) is -0.172. The van der Waals surface area contributed by atoms with Crippen LogP contribution in [-0.4, -0.2) is 40.4 Å². The fraction of sp³-hybridized carbons (Fsp3) is 0.286. The van der Waals surface area contributed by atoms with E-state index in [0.29, 0.717) is 14.2 Å². The maximum Gasteiger partial charge on any atom is 0.331 e. The van der Waals surface area contributed by atoms with Crippen LogP contribution in [0.1, 0.15) is 27.2 Å². The van der Waals surface area contributed by atoms with E-state index in [1.54, 1.807) is 6.07 Å². The molecule has 0 aromatic carbocycles. The molecule has 0 bridgehead atoms. The van der Waals surface area contributed by atoms with Crippen LogP contribution in [0.25, 0.3) is 0 Å². The van der Waals surface area contributed by atoms with Gasteiger partial charge < -0.3 is 10.8 Å². The first kappa shape index (κ1) is 20.2. The summed E-state index contributed by atoms with van der Waals surface area (Å²) in [5.41, 5.74) is 3.36. The van der Waals surface area contributed by atoms with Gasteiger partial charge in [-0.25, -0.2) is 4.79 Å². The average molecular weight is 446 g/mol. The summed E-state index contributed by atoms with van der Waals surface area (Å²) in [5.74, 6) is -0.826. The minimum Gasteiger partial charge on any atom is -0.386 e.